The molecule has 0 heterocycles. The number of aliphatic hydroxyl groups excluding tert-OH is 1. The topological polar surface area (TPSA) is 20.2 Å². The lowest BCUT2D eigenvalue weighted by Gasteiger charge is -2.13. The lowest BCUT2D eigenvalue weighted by molar-refractivity contribution is -0.00813. The van der Waals surface area contributed by atoms with Crippen LogP contribution in [-0.2, 0) is 0 Å². The molecule has 0 saturated heterocycles. The average Bonchev–Trinajstić information content (AvgIpc) is 2.12. The summed E-state index contributed by atoms with van der Waals surface area (Å²) in [6.07, 6.45) is -5.23. The van der Waals surface area contributed by atoms with Gasteiger partial charge in [0.2, 0.25) is 0 Å². The summed E-state index contributed by atoms with van der Waals surface area (Å²) in [6, 6.07) is 2.51. The van der Waals surface area contributed by atoms with Crippen molar-refractivity contribution in [3.63, 3.8) is 0 Å². The quantitative estimate of drug-likeness (QED) is 0.826. The smallest absolute Gasteiger partial charge is 0.268 e. The van der Waals surface area contributed by atoms with Crippen LogP contribution < -0.4 is 0 Å². The molecule has 6 heteroatoms. The SMILES string of the molecule is OC(c1c(Br)ccc(Cl)c1F)C(F)F. The van der Waals surface area contributed by atoms with E-state index in [0.29, 0.717) is 0 Å². The molecule has 0 aliphatic carbocycles. The first-order chi connectivity index (χ1) is 6.45. The summed E-state index contributed by atoms with van der Waals surface area (Å²) >= 11 is 8.24. The molecule has 1 aromatic rings. The van der Waals surface area contributed by atoms with E-state index in [2.05, 4.69) is 15.9 Å². The maximum Gasteiger partial charge on any atom is 0.268 e. The Kier molecular flexibility index (Phi) is 3.80. The molecule has 0 fully saturated rings. The maximum absolute atomic E-state index is 13.2. The fraction of sp³-hybridized carbons (Fsp3) is 0.250. The first-order valence-corrected chi connectivity index (χ1v) is 4.72. The van der Waals surface area contributed by atoms with Gasteiger partial charge in [-0.05, 0) is 12.1 Å². The van der Waals surface area contributed by atoms with E-state index in [1.54, 1.807) is 0 Å². The third-order valence-electron chi connectivity index (χ3n) is 1.61. The second-order valence-electron chi connectivity index (χ2n) is 2.54. The van der Waals surface area contributed by atoms with Crippen molar-refractivity contribution in [1.29, 1.82) is 0 Å². The molecule has 0 radical (unpaired) electrons. The minimum Gasteiger partial charge on any atom is -0.382 e. The summed E-state index contributed by atoms with van der Waals surface area (Å²) in [4.78, 5) is 0. The molecule has 1 N–H and O–H groups in total. The van der Waals surface area contributed by atoms with Crippen LogP contribution in [0, 0.1) is 5.82 Å². The van der Waals surface area contributed by atoms with Crippen LogP contribution in [-0.4, -0.2) is 11.5 Å². The molecule has 78 valence electrons. The van der Waals surface area contributed by atoms with Crippen molar-refractivity contribution < 1.29 is 18.3 Å². The summed E-state index contributed by atoms with van der Waals surface area (Å²) in [6.45, 7) is 0. The molecule has 0 aliphatic heterocycles. The lowest BCUT2D eigenvalue weighted by Crippen LogP contribution is -2.11. The number of hydrogen-bond acceptors (Lipinski definition) is 1. The minimum atomic E-state index is -3.06. The molecule has 0 spiro atoms. The molecule has 1 rings (SSSR count). The van der Waals surface area contributed by atoms with Gasteiger partial charge in [-0.25, -0.2) is 13.2 Å². The number of hydrogen-bond donors (Lipinski definition) is 1. The predicted molar refractivity (Wildman–Crippen MR) is 50.1 cm³/mol. The van der Waals surface area contributed by atoms with Crippen molar-refractivity contribution in [2.75, 3.05) is 0 Å². The number of benzene rings is 1. The van der Waals surface area contributed by atoms with Crippen molar-refractivity contribution in [1.82, 2.24) is 0 Å². The van der Waals surface area contributed by atoms with Crippen LogP contribution in [0.2, 0.25) is 5.02 Å². The molecule has 1 nitrogen and oxygen atoms in total. The summed E-state index contributed by atoms with van der Waals surface area (Å²) in [5.41, 5.74) is -0.521. The van der Waals surface area contributed by atoms with E-state index in [1.807, 2.05) is 0 Å². The maximum atomic E-state index is 13.2. The number of halogens is 5. The Labute approximate surface area is 91.6 Å². The Hall–Kier alpha value is -0.260. The number of alkyl halides is 2. The largest absolute Gasteiger partial charge is 0.382 e. The van der Waals surface area contributed by atoms with Crippen LogP contribution in [0.15, 0.2) is 16.6 Å². The van der Waals surface area contributed by atoms with Crippen molar-refractivity contribution in [3.05, 3.63) is 33.0 Å². The normalized spacial score (nSPS) is 13.4. The molecule has 1 aromatic carbocycles. The summed E-state index contributed by atoms with van der Waals surface area (Å²) in [5.74, 6) is -1.03. The summed E-state index contributed by atoms with van der Waals surface area (Å²) in [5, 5.41) is 8.70. The Morgan fingerprint density at radius 1 is 1.36 bits per heavy atom. The second kappa shape index (κ2) is 4.51. The van der Waals surface area contributed by atoms with E-state index in [4.69, 9.17) is 16.7 Å². The van der Waals surface area contributed by atoms with Crippen molar-refractivity contribution in [3.8, 4) is 0 Å². The van der Waals surface area contributed by atoms with E-state index in [1.165, 1.54) is 12.1 Å². The van der Waals surface area contributed by atoms with Crippen molar-refractivity contribution in [2.45, 2.75) is 12.5 Å². The molecule has 14 heavy (non-hydrogen) atoms. The van der Waals surface area contributed by atoms with Gasteiger partial charge in [-0.15, -0.1) is 0 Å². The van der Waals surface area contributed by atoms with Gasteiger partial charge in [-0.2, -0.15) is 0 Å². The number of rotatable bonds is 2. The van der Waals surface area contributed by atoms with Crippen LogP contribution >= 0.6 is 27.5 Å². The first kappa shape index (κ1) is 11.8. The first-order valence-electron chi connectivity index (χ1n) is 3.54. The Morgan fingerprint density at radius 3 is 2.43 bits per heavy atom. The van der Waals surface area contributed by atoms with Crippen LogP contribution in [0.4, 0.5) is 13.2 Å². The fourth-order valence-corrected chi connectivity index (χ4v) is 1.65. The van der Waals surface area contributed by atoms with Gasteiger partial charge in [0, 0.05) is 10.0 Å². The van der Waals surface area contributed by atoms with E-state index in [-0.39, 0.29) is 9.50 Å². The molecule has 0 aromatic heterocycles. The van der Waals surface area contributed by atoms with Gasteiger partial charge < -0.3 is 5.11 Å². The van der Waals surface area contributed by atoms with Gasteiger partial charge in [-0.1, -0.05) is 27.5 Å². The van der Waals surface area contributed by atoms with Gasteiger partial charge in [0.25, 0.3) is 6.43 Å². The highest BCUT2D eigenvalue weighted by atomic mass is 79.9. The van der Waals surface area contributed by atoms with Gasteiger partial charge in [-0.3, -0.25) is 0 Å². The van der Waals surface area contributed by atoms with Gasteiger partial charge >= 0.3 is 0 Å². The zero-order valence-electron chi connectivity index (χ0n) is 6.65. The molecule has 0 saturated carbocycles. The Balaban J connectivity index is 3.25. The molecule has 0 aliphatic rings. The summed E-state index contributed by atoms with van der Waals surface area (Å²) < 4.78 is 37.5. The highest BCUT2D eigenvalue weighted by molar-refractivity contribution is 9.10. The monoisotopic (exact) mass is 288 g/mol. The molecule has 1 unspecified atom stereocenters. The van der Waals surface area contributed by atoms with Crippen LogP contribution in [0.1, 0.15) is 11.7 Å². The zero-order chi connectivity index (χ0) is 10.9. The van der Waals surface area contributed by atoms with Gasteiger partial charge in [0.15, 0.2) is 0 Å². The fourth-order valence-electron chi connectivity index (χ4n) is 0.940. The van der Waals surface area contributed by atoms with Crippen molar-refractivity contribution >= 4 is 27.5 Å². The van der Waals surface area contributed by atoms with Crippen LogP contribution in [0.3, 0.4) is 0 Å². The highest BCUT2D eigenvalue weighted by Crippen LogP contribution is 2.33. The highest BCUT2D eigenvalue weighted by Gasteiger charge is 2.26. The van der Waals surface area contributed by atoms with Crippen LogP contribution in [0.5, 0.6) is 0 Å². The lowest BCUT2D eigenvalue weighted by atomic mass is 10.1. The molecular weight excluding hydrogens is 284 g/mol. The molecular formula is C8H5BrClF3O. The minimum absolute atomic E-state index is 0.0622. The molecule has 1 atom stereocenters. The standard InChI is InChI=1S/C8H5BrClF3O/c9-3-1-2-4(10)6(11)5(3)7(14)8(12)13/h1-2,7-8,14H. The zero-order valence-corrected chi connectivity index (χ0v) is 8.99. The summed E-state index contributed by atoms with van der Waals surface area (Å²) in [7, 11) is 0. The predicted octanol–water partition coefficient (Wildman–Crippen LogP) is 3.54. The molecule has 0 bridgehead atoms. The van der Waals surface area contributed by atoms with E-state index >= 15 is 0 Å². The average molecular weight is 289 g/mol. The van der Waals surface area contributed by atoms with E-state index in [0.717, 1.165) is 0 Å². The Bertz CT molecular complexity index is 346. The molecule has 0 amide bonds. The third-order valence-corrected chi connectivity index (χ3v) is 2.60. The number of aliphatic hydroxyl groups is 1. The van der Waals surface area contributed by atoms with Crippen molar-refractivity contribution in [2.24, 2.45) is 0 Å². The van der Waals surface area contributed by atoms with Gasteiger partial charge in [0.05, 0.1) is 5.02 Å². The van der Waals surface area contributed by atoms with Gasteiger partial charge in [0.1, 0.15) is 11.9 Å². The van der Waals surface area contributed by atoms with E-state index in [9.17, 15) is 13.2 Å². The van der Waals surface area contributed by atoms with E-state index < -0.39 is 23.9 Å². The second-order valence-corrected chi connectivity index (χ2v) is 3.80. The van der Waals surface area contributed by atoms with Crippen LogP contribution in [0.25, 0.3) is 0 Å². The third kappa shape index (κ3) is 2.21. The Morgan fingerprint density at radius 2 is 1.93 bits per heavy atom.